The van der Waals surface area contributed by atoms with Crippen molar-refractivity contribution in [3.8, 4) is 0 Å². The van der Waals surface area contributed by atoms with E-state index in [4.69, 9.17) is 0 Å². The van der Waals surface area contributed by atoms with Crippen LogP contribution in [0.1, 0.15) is 32.6 Å². The van der Waals surface area contributed by atoms with Gasteiger partial charge >= 0.3 is 11.8 Å². The normalized spacial score (nSPS) is 26.8. The molecule has 2 aliphatic rings. The minimum absolute atomic E-state index is 0.0818. The molecule has 1 aromatic rings. The first-order chi connectivity index (χ1) is 10.9. The first-order valence-electron chi connectivity index (χ1n) is 8.01. The van der Waals surface area contributed by atoms with Crippen molar-refractivity contribution in [3.63, 3.8) is 0 Å². The molecule has 4 nitrogen and oxygen atoms in total. The molecule has 2 bridgehead atoms. The van der Waals surface area contributed by atoms with Crippen LogP contribution in [-0.4, -0.2) is 17.9 Å². The highest BCUT2D eigenvalue weighted by Crippen LogP contribution is 2.49. The van der Waals surface area contributed by atoms with E-state index >= 15 is 0 Å². The first-order valence-corrected chi connectivity index (χ1v) is 8.01. The third-order valence-corrected chi connectivity index (χ3v) is 5.18. The first kappa shape index (κ1) is 15.9. The van der Waals surface area contributed by atoms with Crippen molar-refractivity contribution in [1.29, 1.82) is 0 Å². The third kappa shape index (κ3) is 3.35. The maximum absolute atomic E-state index is 13.5. The van der Waals surface area contributed by atoms with Gasteiger partial charge in [0.15, 0.2) is 0 Å². The molecule has 2 N–H and O–H groups in total. The molecule has 2 amide bonds. The number of amides is 2. The van der Waals surface area contributed by atoms with Crippen LogP contribution in [0.2, 0.25) is 0 Å². The molecule has 0 heterocycles. The Morgan fingerprint density at radius 3 is 2.57 bits per heavy atom. The number of anilines is 1. The Hall–Kier alpha value is -1.98. The number of halogens is 2. The number of hydrogen-bond donors (Lipinski definition) is 2. The van der Waals surface area contributed by atoms with Gasteiger partial charge in [-0.2, -0.15) is 0 Å². The Morgan fingerprint density at radius 1 is 1.17 bits per heavy atom. The van der Waals surface area contributed by atoms with Crippen LogP contribution in [0.4, 0.5) is 14.5 Å². The summed E-state index contributed by atoms with van der Waals surface area (Å²) in [4.78, 5) is 23.9. The summed E-state index contributed by atoms with van der Waals surface area (Å²) in [6, 6.07) is 2.69. The zero-order valence-corrected chi connectivity index (χ0v) is 12.9. The maximum Gasteiger partial charge on any atom is 0.313 e. The molecule has 0 aliphatic heterocycles. The minimum atomic E-state index is -0.939. The number of benzene rings is 1. The molecule has 4 unspecified atom stereocenters. The summed E-state index contributed by atoms with van der Waals surface area (Å²) in [5.41, 5.74) is -0.209. The van der Waals surface area contributed by atoms with Crippen molar-refractivity contribution in [1.82, 2.24) is 5.32 Å². The molecule has 0 aromatic heterocycles. The van der Waals surface area contributed by atoms with Crippen LogP contribution >= 0.6 is 0 Å². The van der Waals surface area contributed by atoms with Crippen molar-refractivity contribution in [2.45, 2.75) is 38.6 Å². The number of hydrogen-bond acceptors (Lipinski definition) is 2. The molecular weight excluding hydrogens is 302 g/mol. The standard InChI is InChI=1S/C17H20F2N2O2/c1-9(13-7-10-2-3-11(13)6-10)20-16(22)17(23)21-15-5-4-12(18)8-14(15)19/h4-5,8-11,13H,2-3,6-7H2,1H3,(H,20,22)(H,21,23). The van der Waals surface area contributed by atoms with E-state index in [9.17, 15) is 18.4 Å². The van der Waals surface area contributed by atoms with Gasteiger partial charge in [0.2, 0.25) is 0 Å². The van der Waals surface area contributed by atoms with E-state index < -0.39 is 23.4 Å². The molecule has 6 heteroatoms. The summed E-state index contributed by atoms with van der Waals surface area (Å²) >= 11 is 0. The number of carbonyl (C=O) groups is 2. The molecule has 124 valence electrons. The van der Waals surface area contributed by atoms with Gasteiger partial charge < -0.3 is 10.6 Å². The molecule has 0 radical (unpaired) electrons. The Labute approximate surface area is 133 Å². The smallest absolute Gasteiger partial charge is 0.313 e. The Balaban J connectivity index is 1.56. The van der Waals surface area contributed by atoms with Crippen LogP contribution < -0.4 is 10.6 Å². The molecule has 0 saturated heterocycles. The second kappa shape index (κ2) is 6.26. The highest BCUT2D eigenvalue weighted by Gasteiger charge is 2.42. The highest BCUT2D eigenvalue weighted by atomic mass is 19.1. The molecular formula is C17H20F2N2O2. The maximum atomic E-state index is 13.5. The summed E-state index contributed by atoms with van der Waals surface area (Å²) in [7, 11) is 0. The van der Waals surface area contributed by atoms with E-state index in [0.29, 0.717) is 17.9 Å². The lowest BCUT2D eigenvalue weighted by Gasteiger charge is -2.28. The zero-order chi connectivity index (χ0) is 16.6. The van der Waals surface area contributed by atoms with Crippen molar-refractivity contribution >= 4 is 17.5 Å². The number of carbonyl (C=O) groups excluding carboxylic acids is 2. The van der Waals surface area contributed by atoms with Crippen LogP contribution in [0.3, 0.4) is 0 Å². The third-order valence-electron chi connectivity index (χ3n) is 5.18. The van der Waals surface area contributed by atoms with Gasteiger partial charge in [-0.1, -0.05) is 6.42 Å². The van der Waals surface area contributed by atoms with Gasteiger partial charge in [-0.25, -0.2) is 8.78 Å². The lowest BCUT2D eigenvalue weighted by Crippen LogP contribution is -2.45. The molecule has 2 aliphatic carbocycles. The van der Waals surface area contributed by atoms with E-state index in [0.717, 1.165) is 24.5 Å². The van der Waals surface area contributed by atoms with E-state index in [1.54, 1.807) is 0 Å². The lowest BCUT2D eigenvalue weighted by molar-refractivity contribution is -0.136. The zero-order valence-electron chi connectivity index (χ0n) is 12.9. The average molecular weight is 322 g/mol. The lowest BCUT2D eigenvalue weighted by atomic mass is 9.84. The predicted molar refractivity (Wildman–Crippen MR) is 81.5 cm³/mol. The van der Waals surface area contributed by atoms with Gasteiger partial charge in [0, 0.05) is 12.1 Å². The molecule has 23 heavy (non-hydrogen) atoms. The van der Waals surface area contributed by atoms with Gasteiger partial charge in [-0.05, 0) is 56.1 Å². The highest BCUT2D eigenvalue weighted by molar-refractivity contribution is 6.39. The summed E-state index contributed by atoms with van der Waals surface area (Å²) in [5, 5.41) is 4.88. The fraction of sp³-hybridized carbons (Fsp3) is 0.529. The van der Waals surface area contributed by atoms with Crippen LogP contribution in [0, 0.1) is 29.4 Å². The molecule has 3 rings (SSSR count). The summed E-state index contributed by atoms with van der Waals surface area (Å²) in [6.45, 7) is 1.91. The van der Waals surface area contributed by atoms with E-state index in [-0.39, 0.29) is 11.7 Å². The summed E-state index contributed by atoms with van der Waals surface area (Å²) in [5.74, 6) is -1.58. The van der Waals surface area contributed by atoms with Crippen molar-refractivity contribution in [2.24, 2.45) is 17.8 Å². The fourth-order valence-corrected chi connectivity index (χ4v) is 4.06. The minimum Gasteiger partial charge on any atom is -0.345 e. The summed E-state index contributed by atoms with van der Waals surface area (Å²) in [6.07, 6.45) is 4.78. The second-order valence-corrected chi connectivity index (χ2v) is 6.68. The fourth-order valence-electron chi connectivity index (χ4n) is 4.06. The predicted octanol–water partition coefficient (Wildman–Crippen LogP) is 2.84. The number of fused-ring (bicyclic) bond motifs is 2. The van der Waals surface area contributed by atoms with Crippen LogP contribution in [-0.2, 0) is 9.59 Å². The van der Waals surface area contributed by atoms with Crippen LogP contribution in [0.25, 0.3) is 0 Å². The molecule has 0 spiro atoms. The molecule has 2 fully saturated rings. The van der Waals surface area contributed by atoms with E-state index in [2.05, 4.69) is 10.6 Å². The number of nitrogens with one attached hydrogen (secondary N) is 2. The van der Waals surface area contributed by atoms with Crippen LogP contribution in [0.15, 0.2) is 18.2 Å². The Kier molecular flexibility index (Phi) is 4.33. The number of rotatable bonds is 3. The largest absolute Gasteiger partial charge is 0.345 e. The van der Waals surface area contributed by atoms with Gasteiger partial charge in [-0.15, -0.1) is 0 Å². The topological polar surface area (TPSA) is 58.2 Å². The Bertz CT molecular complexity index is 635. The van der Waals surface area contributed by atoms with Crippen molar-refractivity contribution in [3.05, 3.63) is 29.8 Å². The summed E-state index contributed by atoms with van der Waals surface area (Å²) < 4.78 is 26.3. The average Bonchev–Trinajstić information content (AvgIpc) is 3.12. The van der Waals surface area contributed by atoms with Gasteiger partial charge in [-0.3, -0.25) is 9.59 Å². The van der Waals surface area contributed by atoms with E-state index in [1.807, 2.05) is 6.92 Å². The SMILES string of the molecule is CC(NC(=O)C(=O)Nc1ccc(F)cc1F)C1CC2CCC1C2. The monoisotopic (exact) mass is 322 g/mol. The van der Waals surface area contributed by atoms with E-state index in [1.165, 1.54) is 19.3 Å². The second-order valence-electron chi connectivity index (χ2n) is 6.68. The molecule has 4 atom stereocenters. The van der Waals surface area contributed by atoms with Crippen molar-refractivity contribution < 1.29 is 18.4 Å². The Morgan fingerprint density at radius 2 is 1.96 bits per heavy atom. The van der Waals surface area contributed by atoms with Crippen LogP contribution in [0.5, 0.6) is 0 Å². The van der Waals surface area contributed by atoms with Gasteiger partial charge in [0.05, 0.1) is 5.69 Å². The quantitative estimate of drug-likeness (QED) is 0.841. The molecule has 1 aromatic carbocycles. The van der Waals surface area contributed by atoms with Gasteiger partial charge in [0.1, 0.15) is 11.6 Å². The van der Waals surface area contributed by atoms with Gasteiger partial charge in [0.25, 0.3) is 0 Å². The van der Waals surface area contributed by atoms with Crippen molar-refractivity contribution in [2.75, 3.05) is 5.32 Å². The molecule has 2 saturated carbocycles.